The average Bonchev–Trinajstić information content (AvgIpc) is 3.58. The number of aryl methyl sites for hydroxylation is 1. The zero-order chi connectivity index (χ0) is 26.9. The Kier molecular flexibility index (Phi) is 6.52. The van der Waals surface area contributed by atoms with E-state index >= 15 is 0 Å². The average molecular weight is 550 g/mol. The molecule has 0 aliphatic carbocycles. The van der Waals surface area contributed by atoms with Gasteiger partial charge in [-0.15, -0.1) is 22.7 Å². The Morgan fingerprint density at radius 1 is 0.923 bits per heavy atom. The first-order chi connectivity index (χ1) is 19.0. The Morgan fingerprint density at radius 2 is 1.69 bits per heavy atom. The van der Waals surface area contributed by atoms with E-state index in [2.05, 4.69) is 39.6 Å². The summed E-state index contributed by atoms with van der Waals surface area (Å²) in [6, 6.07) is 23.7. The van der Waals surface area contributed by atoms with E-state index in [-0.39, 0.29) is 5.91 Å². The smallest absolute Gasteiger partial charge is 0.269 e. The fourth-order valence-electron chi connectivity index (χ4n) is 4.28. The molecule has 6 aromatic rings. The molecule has 192 valence electrons. The van der Waals surface area contributed by atoms with Crippen LogP contribution in [0.25, 0.3) is 44.0 Å². The summed E-state index contributed by atoms with van der Waals surface area (Å²) >= 11 is 2.61. The highest BCUT2D eigenvalue weighted by Crippen LogP contribution is 2.42. The van der Waals surface area contributed by atoms with E-state index in [1.165, 1.54) is 22.7 Å². The number of nitrogens with one attached hydrogen (secondary N) is 1. The second-order valence-electron chi connectivity index (χ2n) is 8.88. The van der Waals surface area contributed by atoms with Crippen LogP contribution in [0.15, 0.2) is 84.4 Å². The van der Waals surface area contributed by atoms with Gasteiger partial charge in [0.25, 0.3) is 5.91 Å². The van der Waals surface area contributed by atoms with E-state index in [9.17, 15) is 4.79 Å². The number of carbonyl (C=O) groups is 1. The van der Waals surface area contributed by atoms with Crippen LogP contribution in [0, 0.1) is 6.92 Å². The van der Waals surface area contributed by atoms with Crippen molar-refractivity contribution in [3.05, 3.63) is 94.8 Å². The molecule has 9 heteroatoms. The second-order valence-corrected chi connectivity index (χ2v) is 10.7. The van der Waals surface area contributed by atoms with Crippen LogP contribution in [0.5, 0.6) is 5.75 Å². The molecule has 0 saturated heterocycles. The number of carbonyl (C=O) groups excluding carboxylic acids is 1. The fraction of sp³-hybridized carbons (Fsp3) is 0.0667. The summed E-state index contributed by atoms with van der Waals surface area (Å²) in [6.45, 7) is 2.05. The number of pyridine rings is 2. The minimum Gasteiger partial charge on any atom is -0.497 e. The number of thiazole rings is 1. The molecular formula is C30H23N5O2S2. The molecule has 0 spiro atoms. The normalized spacial score (nSPS) is 11.0. The Morgan fingerprint density at radius 3 is 2.41 bits per heavy atom. The van der Waals surface area contributed by atoms with Gasteiger partial charge in [0.05, 0.1) is 24.2 Å². The van der Waals surface area contributed by atoms with Crippen molar-refractivity contribution < 1.29 is 9.53 Å². The number of aromatic nitrogens is 3. The number of hydrogen-bond donors (Lipinski definition) is 2. The summed E-state index contributed by atoms with van der Waals surface area (Å²) in [6.07, 6.45) is 1.71. The predicted molar refractivity (Wildman–Crippen MR) is 159 cm³/mol. The van der Waals surface area contributed by atoms with Gasteiger partial charge in [-0.05, 0) is 60.5 Å². The molecule has 4 aromatic heterocycles. The molecule has 39 heavy (non-hydrogen) atoms. The largest absolute Gasteiger partial charge is 0.497 e. The number of thiophene rings is 1. The van der Waals surface area contributed by atoms with Gasteiger partial charge < -0.3 is 10.5 Å². The number of hydrogen-bond acceptors (Lipinski definition) is 8. The first-order valence-electron chi connectivity index (χ1n) is 12.1. The Labute approximate surface area is 233 Å². The van der Waals surface area contributed by atoms with E-state index in [1.807, 2.05) is 60.8 Å². The van der Waals surface area contributed by atoms with Gasteiger partial charge >= 0.3 is 0 Å². The van der Waals surface area contributed by atoms with E-state index in [0.29, 0.717) is 26.2 Å². The number of nitrogens with two attached hydrogens (primary N) is 1. The van der Waals surface area contributed by atoms with Crippen LogP contribution in [-0.2, 0) is 0 Å². The molecular weight excluding hydrogens is 526 g/mol. The first-order valence-corrected chi connectivity index (χ1v) is 13.8. The quantitative estimate of drug-likeness (QED) is 0.226. The van der Waals surface area contributed by atoms with Crippen LogP contribution in [0.4, 0.5) is 10.8 Å². The van der Waals surface area contributed by atoms with Crippen molar-refractivity contribution in [1.29, 1.82) is 0 Å². The number of nitrogens with zero attached hydrogens (tertiary/aromatic N) is 3. The number of anilines is 2. The van der Waals surface area contributed by atoms with E-state index in [1.54, 1.807) is 13.3 Å². The summed E-state index contributed by atoms with van der Waals surface area (Å²) in [7, 11) is 1.64. The van der Waals surface area contributed by atoms with Crippen LogP contribution < -0.4 is 15.8 Å². The van der Waals surface area contributed by atoms with Crippen molar-refractivity contribution >= 4 is 49.6 Å². The number of benzene rings is 2. The summed E-state index contributed by atoms with van der Waals surface area (Å²) in [4.78, 5) is 28.3. The molecule has 0 aliphatic heterocycles. The lowest BCUT2D eigenvalue weighted by atomic mass is 9.98. The van der Waals surface area contributed by atoms with Crippen LogP contribution in [0.1, 0.15) is 15.2 Å². The SMILES string of the molecule is COc1ccc(-c2cc(-c3ccc(C)cc3)c3c(N)c(C(=O)Nc4nc(-c5ccccn5)cs4)sc3n2)cc1. The third-order valence-corrected chi connectivity index (χ3v) is 8.16. The van der Waals surface area contributed by atoms with Crippen LogP contribution >= 0.6 is 22.7 Å². The Hall–Kier alpha value is -4.60. The summed E-state index contributed by atoms with van der Waals surface area (Å²) in [5.41, 5.74) is 13.3. The van der Waals surface area contributed by atoms with Gasteiger partial charge in [-0.3, -0.25) is 15.1 Å². The topological polar surface area (TPSA) is 103 Å². The molecule has 0 radical (unpaired) electrons. The van der Waals surface area contributed by atoms with Gasteiger partial charge in [-0.2, -0.15) is 0 Å². The third-order valence-electron chi connectivity index (χ3n) is 6.31. The maximum Gasteiger partial charge on any atom is 0.269 e. The minimum atomic E-state index is -0.321. The molecule has 0 bridgehead atoms. The lowest BCUT2D eigenvalue weighted by Gasteiger charge is -2.10. The molecule has 3 N–H and O–H groups in total. The lowest BCUT2D eigenvalue weighted by Crippen LogP contribution is -2.11. The predicted octanol–water partition coefficient (Wildman–Crippen LogP) is 7.30. The molecule has 4 heterocycles. The van der Waals surface area contributed by atoms with Gasteiger partial charge in [0.2, 0.25) is 0 Å². The van der Waals surface area contributed by atoms with Crippen molar-refractivity contribution in [3.8, 4) is 39.5 Å². The highest BCUT2D eigenvalue weighted by molar-refractivity contribution is 7.21. The zero-order valence-corrected chi connectivity index (χ0v) is 22.8. The van der Waals surface area contributed by atoms with Crippen LogP contribution in [-0.4, -0.2) is 28.0 Å². The number of fused-ring (bicyclic) bond motifs is 1. The van der Waals surface area contributed by atoms with Crippen molar-refractivity contribution in [2.75, 3.05) is 18.2 Å². The number of methoxy groups -OCH3 is 1. The molecule has 0 aliphatic rings. The van der Waals surface area contributed by atoms with Crippen molar-refractivity contribution in [3.63, 3.8) is 0 Å². The molecule has 6 rings (SSSR count). The van der Waals surface area contributed by atoms with Gasteiger partial charge in [-0.25, -0.2) is 9.97 Å². The number of rotatable bonds is 6. The maximum atomic E-state index is 13.4. The Bertz CT molecular complexity index is 1790. The third kappa shape index (κ3) is 4.85. The summed E-state index contributed by atoms with van der Waals surface area (Å²) in [5.74, 6) is 0.449. The van der Waals surface area contributed by atoms with E-state index < -0.39 is 0 Å². The fourth-order valence-corrected chi connectivity index (χ4v) is 5.99. The lowest BCUT2D eigenvalue weighted by molar-refractivity contribution is 0.103. The summed E-state index contributed by atoms with van der Waals surface area (Å²) < 4.78 is 5.31. The van der Waals surface area contributed by atoms with Gasteiger partial charge in [0, 0.05) is 22.5 Å². The van der Waals surface area contributed by atoms with Crippen molar-refractivity contribution in [1.82, 2.24) is 15.0 Å². The first kappa shape index (κ1) is 24.7. The van der Waals surface area contributed by atoms with Gasteiger partial charge in [0.1, 0.15) is 21.2 Å². The Balaban J connectivity index is 1.41. The molecule has 0 atom stereocenters. The van der Waals surface area contributed by atoms with Gasteiger partial charge in [-0.1, -0.05) is 35.9 Å². The number of amides is 1. The number of nitrogen functional groups attached to an aromatic ring is 1. The molecule has 0 saturated carbocycles. The van der Waals surface area contributed by atoms with E-state index in [4.69, 9.17) is 15.5 Å². The standard InChI is InChI=1S/C30H23N5O2S2/c1-17-6-8-18(9-7-17)21-15-23(19-10-12-20(37-2)13-11-19)33-29-25(21)26(31)27(39-29)28(36)35-30-34-24(16-38-30)22-5-3-4-14-32-22/h3-16H,31H2,1-2H3,(H,34,35,36). The minimum absolute atomic E-state index is 0.321. The molecule has 1 amide bonds. The van der Waals surface area contributed by atoms with Crippen LogP contribution in [0.2, 0.25) is 0 Å². The summed E-state index contributed by atoms with van der Waals surface area (Å²) in [5, 5.41) is 6.01. The van der Waals surface area contributed by atoms with E-state index in [0.717, 1.165) is 44.8 Å². The molecule has 2 aromatic carbocycles. The second kappa shape index (κ2) is 10.3. The highest BCUT2D eigenvalue weighted by Gasteiger charge is 2.22. The molecule has 0 fully saturated rings. The molecule has 0 unspecified atom stereocenters. The van der Waals surface area contributed by atoms with Crippen LogP contribution in [0.3, 0.4) is 0 Å². The highest BCUT2D eigenvalue weighted by atomic mass is 32.1. The molecule has 7 nitrogen and oxygen atoms in total. The van der Waals surface area contributed by atoms with Crippen molar-refractivity contribution in [2.45, 2.75) is 6.92 Å². The van der Waals surface area contributed by atoms with Gasteiger partial charge in [0.15, 0.2) is 5.13 Å². The number of ether oxygens (including phenoxy) is 1. The monoisotopic (exact) mass is 549 g/mol. The zero-order valence-electron chi connectivity index (χ0n) is 21.1. The van der Waals surface area contributed by atoms with Crippen molar-refractivity contribution in [2.24, 2.45) is 0 Å². The maximum absolute atomic E-state index is 13.4.